The smallest absolute Gasteiger partial charge is 0.305 e. The molecule has 6 heteroatoms. The van der Waals surface area contributed by atoms with Gasteiger partial charge in [0.05, 0.1) is 25.4 Å². The summed E-state index contributed by atoms with van der Waals surface area (Å²) in [6.07, 6.45) is 73.5. The van der Waals surface area contributed by atoms with Crippen LogP contribution < -0.4 is 5.32 Å². The van der Waals surface area contributed by atoms with E-state index in [1.165, 1.54) is 270 Å². The molecule has 1 amide bonds. The molecule has 0 rings (SSSR count). The lowest BCUT2D eigenvalue weighted by molar-refractivity contribution is -0.143. The molecule has 0 aromatic rings. The first-order valence-corrected chi connectivity index (χ1v) is 31.6. The molecule has 3 N–H and O–H groups in total. The molecule has 0 aromatic carbocycles. The Morgan fingerprint density at radius 2 is 0.671 bits per heavy atom. The fourth-order valence-corrected chi connectivity index (χ4v) is 9.87. The highest BCUT2D eigenvalue weighted by Gasteiger charge is 2.20. The molecule has 6 nitrogen and oxygen atoms in total. The Morgan fingerprint density at radius 1 is 0.386 bits per heavy atom. The number of carbonyl (C=O) groups excluding carboxylic acids is 2. The van der Waals surface area contributed by atoms with Crippen molar-refractivity contribution in [3.8, 4) is 0 Å². The Bertz CT molecular complexity index is 1090. The Balaban J connectivity index is 3.35. The summed E-state index contributed by atoms with van der Waals surface area (Å²) in [5.41, 5.74) is 0. The van der Waals surface area contributed by atoms with Gasteiger partial charge in [-0.25, -0.2) is 0 Å². The van der Waals surface area contributed by atoms with Gasteiger partial charge in [-0.1, -0.05) is 282 Å². The lowest BCUT2D eigenvalue weighted by Crippen LogP contribution is -2.45. The van der Waals surface area contributed by atoms with Crippen LogP contribution >= 0.6 is 0 Å². The fourth-order valence-electron chi connectivity index (χ4n) is 9.87. The van der Waals surface area contributed by atoms with Gasteiger partial charge in [0.25, 0.3) is 0 Å². The molecule has 414 valence electrons. The van der Waals surface area contributed by atoms with E-state index in [2.05, 4.69) is 43.5 Å². The zero-order valence-electron chi connectivity index (χ0n) is 47.3. The second-order valence-corrected chi connectivity index (χ2v) is 21.7. The molecule has 0 saturated heterocycles. The number of hydrogen-bond acceptors (Lipinski definition) is 5. The Hall–Kier alpha value is -1.66. The predicted octanol–water partition coefficient (Wildman–Crippen LogP) is 19.8. The molecule has 0 heterocycles. The molecule has 0 spiro atoms. The first kappa shape index (κ1) is 68.3. The first-order chi connectivity index (χ1) is 34.5. The Labute approximate surface area is 437 Å². The van der Waals surface area contributed by atoms with Gasteiger partial charge in [0.15, 0.2) is 0 Å². The number of amides is 1. The summed E-state index contributed by atoms with van der Waals surface area (Å²) < 4.78 is 5.50. The molecule has 2 unspecified atom stereocenters. The van der Waals surface area contributed by atoms with Crippen LogP contribution in [0.15, 0.2) is 24.3 Å². The van der Waals surface area contributed by atoms with Crippen LogP contribution in [0, 0.1) is 0 Å². The standard InChI is InChI=1S/C64H123NO5/c1-3-5-7-9-11-13-14-15-16-17-25-29-32-35-38-42-46-50-54-58-64(69)70-59-55-51-47-43-39-36-33-30-27-24-22-20-18-19-21-23-26-28-31-34-37-41-45-49-53-57-63(68)65-61(60-66)62(67)56-52-48-44-40-12-10-8-6-4-2/h15-16,19,21,61-62,66-67H,3-14,17-18,20,22-60H2,1-2H3,(H,65,68)/b16-15-,21-19-. The zero-order chi connectivity index (χ0) is 50.7. The van der Waals surface area contributed by atoms with Crippen molar-refractivity contribution >= 4 is 11.9 Å². The van der Waals surface area contributed by atoms with E-state index in [-0.39, 0.29) is 18.5 Å². The molecule has 70 heavy (non-hydrogen) atoms. The van der Waals surface area contributed by atoms with E-state index in [4.69, 9.17) is 4.74 Å². The number of esters is 1. The van der Waals surface area contributed by atoms with Gasteiger partial charge >= 0.3 is 5.97 Å². The molecule has 2 atom stereocenters. The number of unbranched alkanes of at least 4 members (excludes halogenated alkanes) is 44. The fraction of sp³-hybridized carbons (Fsp3) is 0.906. The minimum absolute atomic E-state index is 0.0133. The molecule has 0 aromatic heterocycles. The minimum Gasteiger partial charge on any atom is -0.466 e. The normalized spacial score (nSPS) is 12.7. The summed E-state index contributed by atoms with van der Waals surface area (Å²) in [4.78, 5) is 24.5. The maximum Gasteiger partial charge on any atom is 0.305 e. The molecule has 0 aliphatic rings. The summed E-state index contributed by atoms with van der Waals surface area (Å²) in [6, 6.07) is -0.541. The van der Waals surface area contributed by atoms with Crippen LogP contribution in [0.25, 0.3) is 0 Å². The third kappa shape index (κ3) is 55.7. The van der Waals surface area contributed by atoms with Crippen LogP contribution in [0.5, 0.6) is 0 Å². The minimum atomic E-state index is -0.663. The van der Waals surface area contributed by atoms with E-state index in [1.807, 2.05) is 0 Å². The second kappa shape index (κ2) is 59.9. The van der Waals surface area contributed by atoms with Crippen molar-refractivity contribution in [1.29, 1.82) is 0 Å². The molecule has 0 fully saturated rings. The van der Waals surface area contributed by atoms with Gasteiger partial charge in [0.2, 0.25) is 5.91 Å². The molecule has 0 aliphatic carbocycles. The van der Waals surface area contributed by atoms with E-state index in [1.54, 1.807) is 0 Å². The van der Waals surface area contributed by atoms with Gasteiger partial charge in [0.1, 0.15) is 0 Å². The number of aliphatic hydroxyl groups is 2. The van der Waals surface area contributed by atoms with Gasteiger partial charge in [-0.05, 0) is 77.0 Å². The second-order valence-electron chi connectivity index (χ2n) is 21.7. The van der Waals surface area contributed by atoms with Crippen molar-refractivity contribution in [2.45, 2.75) is 360 Å². The third-order valence-corrected chi connectivity index (χ3v) is 14.7. The number of hydrogen-bond donors (Lipinski definition) is 3. The van der Waals surface area contributed by atoms with Crippen molar-refractivity contribution in [1.82, 2.24) is 5.32 Å². The molecule has 0 saturated carbocycles. The van der Waals surface area contributed by atoms with Gasteiger partial charge in [-0.3, -0.25) is 9.59 Å². The Kier molecular flexibility index (Phi) is 58.5. The van der Waals surface area contributed by atoms with E-state index < -0.39 is 12.1 Å². The molecular weight excluding hydrogens is 863 g/mol. The largest absolute Gasteiger partial charge is 0.466 e. The third-order valence-electron chi connectivity index (χ3n) is 14.7. The van der Waals surface area contributed by atoms with Crippen molar-refractivity contribution in [3.63, 3.8) is 0 Å². The predicted molar refractivity (Wildman–Crippen MR) is 306 cm³/mol. The van der Waals surface area contributed by atoms with E-state index in [0.717, 1.165) is 44.9 Å². The summed E-state index contributed by atoms with van der Waals surface area (Å²) in [5, 5.41) is 23.1. The summed E-state index contributed by atoms with van der Waals surface area (Å²) in [5.74, 6) is -0.0263. The van der Waals surface area contributed by atoms with Gasteiger partial charge < -0.3 is 20.3 Å². The lowest BCUT2D eigenvalue weighted by Gasteiger charge is -2.22. The van der Waals surface area contributed by atoms with Crippen molar-refractivity contribution in [3.05, 3.63) is 24.3 Å². The quantitative estimate of drug-likeness (QED) is 0.0321. The highest BCUT2D eigenvalue weighted by molar-refractivity contribution is 5.76. The number of rotatable bonds is 59. The SMILES string of the molecule is CCCCCCCC/C=C\CCCCCCCCCCCC(=O)OCCCCCCCCCCCCCC/C=C\CCCCCCCCCCCC(=O)NC(CO)C(O)CCCCCCCCCCC. The zero-order valence-corrected chi connectivity index (χ0v) is 47.3. The molecular formula is C64H123NO5. The Morgan fingerprint density at radius 3 is 1.01 bits per heavy atom. The highest BCUT2D eigenvalue weighted by atomic mass is 16.5. The number of ether oxygens (including phenoxy) is 1. The van der Waals surface area contributed by atoms with Crippen molar-refractivity contribution < 1.29 is 24.5 Å². The van der Waals surface area contributed by atoms with Gasteiger partial charge in [-0.2, -0.15) is 0 Å². The topological polar surface area (TPSA) is 95.9 Å². The molecule has 0 aliphatic heterocycles. The van der Waals surface area contributed by atoms with Gasteiger partial charge in [0, 0.05) is 12.8 Å². The summed E-state index contributed by atoms with van der Waals surface area (Å²) in [6.45, 7) is 4.94. The monoisotopic (exact) mass is 986 g/mol. The van der Waals surface area contributed by atoms with E-state index >= 15 is 0 Å². The highest BCUT2D eigenvalue weighted by Crippen LogP contribution is 2.17. The summed E-state index contributed by atoms with van der Waals surface area (Å²) in [7, 11) is 0. The van der Waals surface area contributed by atoms with E-state index in [9.17, 15) is 19.8 Å². The van der Waals surface area contributed by atoms with Crippen LogP contribution in [-0.2, 0) is 14.3 Å². The van der Waals surface area contributed by atoms with Crippen LogP contribution in [0.4, 0.5) is 0 Å². The molecule has 0 radical (unpaired) electrons. The van der Waals surface area contributed by atoms with Crippen molar-refractivity contribution in [2.24, 2.45) is 0 Å². The number of aliphatic hydroxyl groups excluding tert-OH is 2. The van der Waals surface area contributed by atoms with Gasteiger partial charge in [-0.15, -0.1) is 0 Å². The van der Waals surface area contributed by atoms with Crippen LogP contribution in [-0.4, -0.2) is 47.4 Å². The average molecular weight is 987 g/mol. The average Bonchev–Trinajstić information content (AvgIpc) is 3.36. The molecule has 0 bridgehead atoms. The maximum atomic E-state index is 12.4. The number of carbonyl (C=O) groups is 2. The number of allylic oxidation sites excluding steroid dienone is 4. The van der Waals surface area contributed by atoms with Crippen LogP contribution in [0.1, 0.15) is 348 Å². The first-order valence-electron chi connectivity index (χ1n) is 31.6. The van der Waals surface area contributed by atoms with Crippen molar-refractivity contribution in [2.75, 3.05) is 13.2 Å². The van der Waals surface area contributed by atoms with Crippen LogP contribution in [0.2, 0.25) is 0 Å². The number of nitrogens with one attached hydrogen (secondary N) is 1. The van der Waals surface area contributed by atoms with Crippen LogP contribution in [0.3, 0.4) is 0 Å². The lowest BCUT2D eigenvalue weighted by atomic mass is 10.0. The maximum absolute atomic E-state index is 12.4. The summed E-state index contributed by atoms with van der Waals surface area (Å²) >= 11 is 0. The van der Waals surface area contributed by atoms with E-state index in [0.29, 0.717) is 25.9 Å².